The van der Waals surface area contributed by atoms with Crippen molar-refractivity contribution in [2.45, 2.75) is 0 Å². The maximum absolute atomic E-state index is 6.08. The van der Waals surface area contributed by atoms with Gasteiger partial charge in [-0.25, -0.2) is 0 Å². The Balaban J connectivity index is 0.920. The number of hydrogen-bond acceptors (Lipinski definition) is 3. The van der Waals surface area contributed by atoms with Crippen molar-refractivity contribution in [3.63, 3.8) is 0 Å². The molecule has 0 aliphatic carbocycles. The summed E-state index contributed by atoms with van der Waals surface area (Å²) in [5.74, 6) is 0.898. The molecular formula is C46H26OS2. The molecule has 0 unspecified atom stereocenters. The van der Waals surface area contributed by atoms with Crippen molar-refractivity contribution in [2.75, 3.05) is 0 Å². The number of rotatable bonds is 3. The molecular weight excluding hydrogens is 633 g/mol. The number of fused-ring (bicyclic) bond motifs is 9. The normalized spacial score (nSPS) is 12.1. The third kappa shape index (κ3) is 4.37. The fourth-order valence-electron chi connectivity index (χ4n) is 7.42. The van der Waals surface area contributed by atoms with Gasteiger partial charge in [-0.1, -0.05) is 103 Å². The van der Waals surface area contributed by atoms with Crippen LogP contribution in [0.5, 0.6) is 0 Å². The Morgan fingerprint density at radius 1 is 0.327 bits per heavy atom. The molecule has 0 N–H and O–H groups in total. The minimum atomic E-state index is 0.898. The number of furan rings is 1. The van der Waals surface area contributed by atoms with Crippen LogP contribution in [0.4, 0.5) is 0 Å². The van der Waals surface area contributed by atoms with Crippen LogP contribution in [-0.4, -0.2) is 0 Å². The largest absolute Gasteiger partial charge is 0.456 e. The maximum Gasteiger partial charge on any atom is 0.135 e. The Kier molecular flexibility index (Phi) is 5.77. The molecule has 0 fully saturated rings. The lowest BCUT2D eigenvalue weighted by Gasteiger charge is -2.09. The van der Waals surface area contributed by atoms with Gasteiger partial charge in [0, 0.05) is 31.1 Å². The van der Waals surface area contributed by atoms with Crippen LogP contribution in [0.25, 0.3) is 106 Å². The summed E-state index contributed by atoms with van der Waals surface area (Å²) in [6.07, 6.45) is 0. The first-order chi connectivity index (χ1) is 24.2. The minimum Gasteiger partial charge on any atom is -0.456 e. The first-order valence-corrected chi connectivity index (χ1v) is 18.2. The van der Waals surface area contributed by atoms with E-state index < -0.39 is 0 Å². The van der Waals surface area contributed by atoms with Gasteiger partial charge in [0.2, 0.25) is 0 Å². The second kappa shape index (κ2) is 10.4. The number of hydrogen-bond donors (Lipinski definition) is 0. The highest BCUT2D eigenvalue weighted by molar-refractivity contribution is 7.36. The highest BCUT2D eigenvalue weighted by Crippen LogP contribution is 2.46. The van der Waals surface area contributed by atoms with Crippen LogP contribution in [0.15, 0.2) is 162 Å². The molecule has 0 saturated carbocycles. The Hall–Kier alpha value is -5.74. The van der Waals surface area contributed by atoms with Crippen molar-refractivity contribution < 1.29 is 4.42 Å². The second-order valence-electron chi connectivity index (χ2n) is 13.0. The van der Waals surface area contributed by atoms with Gasteiger partial charge in [0.1, 0.15) is 11.3 Å². The molecule has 8 aromatic carbocycles. The van der Waals surface area contributed by atoms with Crippen LogP contribution < -0.4 is 0 Å². The monoisotopic (exact) mass is 658 g/mol. The van der Waals surface area contributed by atoms with E-state index in [-0.39, 0.29) is 0 Å². The van der Waals surface area contributed by atoms with Gasteiger partial charge in [0.25, 0.3) is 0 Å². The van der Waals surface area contributed by atoms with Gasteiger partial charge in [-0.2, -0.15) is 0 Å². The predicted octanol–water partition coefficient (Wildman–Crippen LogP) is 14.5. The molecule has 0 atom stereocenters. The van der Waals surface area contributed by atoms with Crippen LogP contribution in [0, 0.1) is 0 Å². The lowest BCUT2D eigenvalue weighted by Crippen LogP contribution is -1.83. The first-order valence-electron chi connectivity index (χ1n) is 16.6. The summed E-state index contributed by atoms with van der Waals surface area (Å²) in [5, 5.41) is 11.6. The standard InChI is InChI=1S/C46H26OS2/c1-2-6-30-25-43-39(22-29(30)5-1)45-46(48-43)40-23-36-18-17-35(21-38(36)26-44(40)49-45)34-16-15-32-19-31(13-14-33(32)20-34)27-9-11-28(12-10-27)42-24-37-7-3-4-8-41(37)47-42/h1-26H. The summed E-state index contributed by atoms with van der Waals surface area (Å²) in [7, 11) is 0. The van der Waals surface area contributed by atoms with E-state index in [1.807, 2.05) is 40.9 Å². The summed E-state index contributed by atoms with van der Waals surface area (Å²) in [5.41, 5.74) is 6.89. The molecule has 0 bridgehead atoms. The third-order valence-corrected chi connectivity index (χ3v) is 12.5. The van der Waals surface area contributed by atoms with Gasteiger partial charge in [-0.15, -0.1) is 22.7 Å². The Bertz CT molecular complexity index is 3070. The van der Waals surface area contributed by atoms with Crippen molar-refractivity contribution in [3.8, 4) is 33.6 Å². The second-order valence-corrected chi connectivity index (χ2v) is 15.1. The van der Waals surface area contributed by atoms with Crippen LogP contribution in [0.3, 0.4) is 0 Å². The van der Waals surface area contributed by atoms with E-state index in [9.17, 15) is 0 Å². The van der Waals surface area contributed by atoms with E-state index >= 15 is 0 Å². The van der Waals surface area contributed by atoms with E-state index in [0.717, 1.165) is 22.3 Å². The number of thiophene rings is 2. The van der Waals surface area contributed by atoms with Gasteiger partial charge >= 0.3 is 0 Å². The van der Waals surface area contributed by atoms with Crippen LogP contribution >= 0.6 is 22.7 Å². The molecule has 0 spiro atoms. The third-order valence-electron chi connectivity index (χ3n) is 10.0. The number of benzene rings is 8. The smallest absolute Gasteiger partial charge is 0.135 e. The molecule has 3 heterocycles. The topological polar surface area (TPSA) is 13.1 Å². The number of para-hydroxylation sites is 1. The lowest BCUT2D eigenvalue weighted by molar-refractivity contribution is 0.631. The molecule has 0 aliphatic heterocycles. The van der Waals surface area contributed by atoms with Crippen molar-refractivity contribution >= 4 is 95.5 Å². The van der Waals surface area contributed by atoms with Crippen molar-refractivity contribution in [3.05, 3.63) is 158 Å². The summed E-state index contributed by atoms with van der Waals surface area (Å²) in [6.45, 7) is 0. The molecule has 3 heteroatoms. The summed E-state index contributed by atoms with van der Waals surface area (Å²) in [6, 6.07) is 57.7. The van der Waals surface area contributed by atoms with E-state index in [4.69, 9.17) is 4.42 Å². The zero-order chi connectivity index (χ0) is 32.1. The minimum absolute atomic E-state index is 0.898. The van der Waals surface area contributed by atoms with Gasteiger partial charge in [-0.3, -0.25) is 0 Å². The summed E-state index contributed by atoms with van der Waals surface area (Å²) >= 11 is 3.86. The van der Waals surface area contributed by atoms with Gasteiger partial charge in [0.15, 0.2) is 0 Å². The predicted molar refractivity (Wildman–Crippen MR) is 213 cm³/mol. The Labute approximate surface area is 289 Å². The van der Waals surface area contributed by atoms with Crippen molar-refractivity contribution in [2.24, 2.45) is 0 Å². The molecule has 3 aromatic heterocycles. The molecule has 228 valence electrons. The highest BCUT2D eigenvalue weighted by atomic mass is 32.1. The quantitative estimate of drug-likeness (QED) is 0.184. The molecule has 1 nitrogen and oxygen atoms in total. The van der Waals surface area contributed by atoms with Crippen molar-refractivity contribution in [1.29, 1.82) is 0 Å². The van der Waals surface area contributed by atoms with Crippen LogP contribution in [-0.2, 0) is 0 Å². The molecule has 0 saturated heterocycles. The van der Waals surface area contributed by atoms with Crippen LogP contribution in [0.1, 0.15) is 0 Å². The highest BCUT2D eigenvalue weighted by Gasteiger charge is 2.15. The lowest BCUT2D eigenvalue weighted by atomic mass is 9.96. The van der Waals surface area contributed by atoms with Gasteiger partial charge < -0.3 is 4.42 Å². The molecule has 0 radical (unpaired) electrons. The Morgan fingerprint density at radius 3 is 1.41 bits per heavy atom. The summed E-state index contributed by atoms with van der Waals surface area (Å²) < 4.78 is 11.6. The molecule has 0 aliphatic rings. The molecule has 49 heavy (non-hydrogen) atoms. The average Bonchev–Trinajstić information content (AvgIpc) is 3.84. The van der Waals surface area contributed by atoms with E-state index in [1.54, 1.807) is 0 Å². The SMILES string of the molecule is c1ccc2cc3c(cc2c1)sc1c2cc4ccc(-c5ccc6cc(-c7ccc(-c8cc9ccccc9o8)cc7)ccc6c5)cc4cc2sc31. The zero-order valence-corrected chi connectivity index (χ0v) is 27.9. The van der Waals surface area contributed by atoms with Gasteiger partial charge in [0.05, 0.1) is 9.40 Å². The zero-order valence-electron chi connectivity index (χ0n) is 26.2. The maximum atomic E-state index is 6.08. The average molecular weight is 659 g/mol. The Morgan fingerprint density at radius 2 is 0.776 bits per heavy atom. The fraction of sp³-hybridized carbons (Fsp3) is 0. The van der Waals surface area contributed by atoms with E-state index in [2.05, 4.69) is 140 Å². The fourth-order valence-corrected chi connectivity index (χ4v) is 10.1. The molecule has 11 rings (SSSR count). The van der Waals surface area contributed by atoms with E-state index in [0.29, 0.717) is 0 Å². The van der Waals surface area contributed by atoms with Gasteiger partial charge in [-0.05, 0) is 109 Å². The van der Waals surface area contributed by atoms with Crippen LogP contribution in [0.2, 0.25) is 0 Å². The molecule has 11 aromatic rings. The first kappa shape index (κ1) is 27.2. The summed E-state index contributed by atoms with van der Waals surface area (Å²) in [4.78, 5) is 0. The van der Waals surface area contributed by atoms with E-state index in [1.165, 1.54) is 84.1 Å². The molecule has 0 amide bonds. The van der Waals surface area contributed by atoms with Crippen molar-refractivity contribution in [1.82, 2.24) is 0 Å².